The Balaban J connectivity index is 0.867. The highest BCUT2D eigenvalue weighted by Gasteiger charge is 2.46. The van der Waals surface area contributed by atoms with Crippen LogP contribution in [0.1, 0.15) is 74.8 Å². The third-order valence-electron chi connectivity index (χ3n) is 10.8. The molecule has 9 nitrogen and oxygen atoms in total. The van der Waals surface area contributed by atoms with Gasteiger partial charge in [0.1, 0.15) is 12.4 Å². The molecule has 1 atom stereocenters. The Morgan fingerprint density at radius 2 is 1.77 bits per heavy atom. The highest BCUT2D eigenvalue weighted by atomic mass is 35.5. The Labute approximate surface area is 284 Å². The Kier molecular flexibility index (Phi) is 9.41. The molecule has 1 spiro atoms. The Bertz CT molecular complexity index is 1570. The Morgan fingerprint density at radius 1 is 1.00 bits per heavy atom. The van der Waals surface area contributed by atoms with Gasteiger partial charge in [0, 0.05) is 74.5 Å². The predicted molar refractivity (Wildman–Crippen MR) is 185 cm³/mol. The van der Waals surface area contributed by atoms with Crippen LogP contribution in [0.3, 0.4) is 0 Å². The molecule has 2 aromatic carbocycles. The Morgan fingerprint density at radius 3 is 2.51 bits per heavy atom. The van der Waals surface area contributed by atoms with E-state index in [4.69, 9.17) is 21.3 Å². The fraction of sp³-hybridized carbons (Fsp3) is 0.541. The van der Waals surface area contributed by atoms with Crippen molar-refractivity contribution in [2.24, 2.45) is 5.92 Å². The number of nitriles is 1. The number of hydrogen-bond donors (Lipinski definition) is 1. The van der Waals surface area contributed by atoms with Gasteiger partial charge in [0.05, 0.1) is 17.3 Å². The number of hydrogen-bond acceptors (Lipinski definition) is 9. The van der Waals surface area contributed by atoms with Crippen LogP contribution in [0.5, 0.6) is 5.75 Å². The molecule has 0 radical (unpaired) electrons. The van der Waals surface area contributed by atoms with Crippen LogP contribution < -0.4 is 15.1 Å². The second kappa shape index (κ2) is 13.7. The van der Waals surface area contributed by atoms with E-state index in [1.54, 1.807) is 6.07 Å². The summed E-state index contributed by atoms with van der Waals surface area (Å²) in [4.78, 5) is 14.4. The smallest absolute Gasteiger partial charge is 0.225 e. The van der Waals surface area contributed by atoms with Gasteiger partial charge in [-0.1, -0.05) is 56.8 Å². The number of aromatic nitrogens is 2. The first kappa shape index (κ1) is 32.3. The van der Waals surface area contributed by atoms with Crippen LogP contribution in [0.25, 0.3) is 0 Å². The lowest BCUT2D eigenvalue weighted by Crippen LogP contribution is -2.75. The lowest BCUT2D eigenvalue weighted by atomic mass is 9.78. The zero-order chi connectivity index (χ0) is 32.4. The zero-order valence-electron chi connectivity index (χ0n) is 27.8. The minimum atomic E-state index is -0.318. The highest BCUT2D eigenvalue weighted by molar-refractivity contribution is 6.30. The predicted octanol–water partition coefficient (Wildman–Crippen LogP) is 5.79. The number of nitrogens with zero attached hydrogens (tertiary/aromatic N) is 7. The minimum absolute atomic E-state index is 0.318. The fourth-order valence-corrected chi connectivity index (χ4v) is 8.05. The topological polar surface area (TPSA) is 83.8 Å². The van der Waals surface area contributed by atoms with E-state index < -0.39 is 0 Å². The van der Waals surface area contributed by atoms with Crippen LogP contribution in [0.4, 0.5) is 5.95 Å². The second-order valence-corrected chi connectivity index (χ2v) is 14.9. The highest BCUT2D eigenvalue weighted by Crippen LogP contribution is 2.37. The standard InChI is InChI=1S/C37H47ClN8O/c1-36(2,31-20-29(23-39)21-32(38)22-31)30-6-8-34(9-7-30)47-26-33-10-14-40-35(41-33)44-18-16-43(17-19-44)24-28-11-15-45(25-28)46-27-37(42-46)12-4-3-5-13-37/h6-10,14,20-22,28,42H,3-5,11-13,15-19,24-27H2,1-2H3. The van der Waals surface area contributed by atoms with Crippen molar-refractivity contribution in [3.05, 3.63) is 82.1 Å². The van der Waals surface area contributed by atoms with Gasteiger partial charge in [0.2, 0.25) is 5.95 Å². The third-order valence-corrected chi connectivity index (χ3v) is 11.0. The molecule has 3 aromatic rings. The van der Waals surface area contributed by atoms with Gasteiger partial charge in [0.25, 0.3) is 0 Å². The van der Waals surface area contributed by atoms with Gasteiger partial charge < -0.3 is 9.64 Å². The minimum Gasteiger partial charge on any atom is -0.487 e. The first-order chi connectivity index (χ1) is 22.8. The lowest BCUT2D eigenvalue weighted by molar-refractivity contribution is -0.185. The maximum absolute atomic E-state index is 9.38. The van der Waals surface area contributed by atoms with Crippen LogP contribution in [0.2, 0.25) is 5.02 Å². The van der Waals surface area contributed by atoms with Gasteiger partial charge >= 0.3 is 0 Å². The number of rotatable bonds is 9. The molecule has 0 bridgehead atoms. The average molecular weight is 655 g/mol. The first-order valence-corrected chi connectivity index (χ1v) is 17.7. The summed E-state index contributed by atoms with van der Waals surface area (Å²) < 4.78 is 6.13. The van der Waals surface area contributed by atoms with Crippen molar-refractivity contribution in [1.82, 2.24) is 30.4 Å². The molecule has 4 aliphatic rings. The molecular formula is C37H47ClN8O. The molecule has 3 aliphatic heterocycles. The molecule has 1 unspecified atom stereocenters. The van der Waals surface area contributed by atoms with Crippen molar-refractivity contribution >= 4 is 17.5 Å². The first-order valence-electron chi connectivity index (χ1n) is 17.3. The van der Waals surface area contributed by atoms with E-state index in [1.807, 2.05) is 36.5 Å². The van der Waals surface area contributed by atoms with Crippen LogP contribution in [0, 0.1) is 17.2 Å². The third kappa shape index (κ3) is 7.28. The quantitative estimate of drug-likeness (QED) is 0.308. The van der Waals surface area contributed by atoms with Gasteiger partial charge in [-0.15, -0.1) is 0 Å². The van der Waals surface area contributed by atoms with E-state index in [2.05, 4.69) is 62.4 Å². The molecule has 3 saturated heterocycles. The van der Waals surface area contributed by atoms with Crippen molar-refractivity contribution in [2.75, 3.05) is 57.3 Å². The summed E-state index contributed by atoms with van der Waals surface area (Å²) in [6.07, 6.45) is 9.98. The Hall–Kier alpha value is -3.26. The molecule has 0 amide bonds. The summed E-state index contributed by atoms with van der Waals surface area (Å²) in [5.74, 6) is 2.30. The molecule has 1 N–H and O–H groups in total. The number of hydrazine groups is 2. The molecule has 10 heteroatoms. The summed E-state index contributed by atoms with van der Waals surface area (Å²) in [6, 6.07) is 17.8. The van der Waals surface area contributed by atoms with Crippen molar-refractivity contribution < 1.29 is 4.74 Å². The van der Waals surface area contributed by atoms with E-state index in [9.17, 15) is 5.26 Å². The second-order valence-electron chi connectivity index (χ2n) is 14.5. The molecule has 4 fully saturated rings. The number of piperazine rings is 1. The molecular weight excluding hydrogens is 608 g/mol. The maximum Gasteiger partial charge on any atom is 0.225 e. The summed E-state index contributed by atoms with van der Waals surface area (Å²) >= 11 is 6.29. The molecule has 4 heterocycles. The molecule has 1 aliphatic carbocycles. The number of halogens is 1. The average Bonchev–Trinajstić information content (AvgIpc) is 3.55. The fourth-order valence-electron chi connectivity index (χ4n) is 7.81. The van der Waals surface area contributed by atoms with Crippen molar-refractivity contribution in [3.63, 3.8) is 0 Å². The van der Waals surface area contributed by atoms with E-state index >= 15 is 0 Å². The van der Waals surface area contributed by atoms with Gasteiger partial charge in [0.15, 0.2) is 0 Å². The number of nitrogens with one attached hydrogen (secondary N) is 1. The van der Waals surface area contributed by atoms with Gasteiger partial charge in [-0.3, -0.25) is 4.90 Å². The van der Waals surface area contributed by atoms with E-state index in [0.717, 1.165) is 60.6 Å². The summed E-state index contributed by atoms with van der Waals surface area (Å²) in [5, 5.41) is 14.9. The summed E-state index contributed by atoms with van der Waals surface area (Å²) in [5.41, 5.74) is 7.47. The van der Waals surface area contributed by atoms with Crippen LogP contribution in [-0.4, -0.2) is 82.9 Å². The van der Waals surface area contributed by atoms with Crippen molar-refractivity contribution in [1.29, 1.82) is 5.26 Å². The van der Waals surface area contributed by atoms with E-state index in [1.165, 1.54) is 64.7 Å². The van der Waals surface area contributed by atoms with Crippen molar-refractivity contribution in [3.8, 4) is 11.8 Å². The monoisotopic (exact) mass is 654 g/mol. The van der Waals surface area contributed by atoms with Gasteiger partial charge in [-0.2, -0.15) is 10.4 Å². The lowest BCUT2D eigenvalue weighted by Gasteiger charge is -2.55. The molecule has 1 aromatic heterocycles. The molecule has 248 valence electrons. The van der Waals surface area contributed by atoms with E-state index in [-0.39, 0.29) is 5.41 Å². The molecule has 7 rings (SSSR count). The van der Waals surface area contributed by atoms with Gasteiger partial charge in [-0.05, 0) is 72.7 Å². The van der Waals surface area contributed by atoms with Gasteiger partial charge in [-0.25, -0.2) is 20.4 Å². The maximum atomic E-state index is 9.38. The molecule has 1 saturated carbocycles. The van der Waals surface area contributed by atoms with Crippen molar-refractivity contribution in [2.45, 2.75) is 69.9 Å². The number of benzene rings is 2. The van der Waals surface area contributed by atoms with Crippen LogP contribution >= 0.6 is 11.6 Å². The zero-order valence-corrected chi connectivity index (χ0v) is 28.6. The van der Waals surface area contributed by atoms with Crippen LogP contribution in [-0.2, 0) is 12.0 Å². The largest absolute Gasteiger partial charge is 0.487 e. The summed E-state index contributed by atoms with van der Waals surface area (Å²) in [7, 11) is 0. The van der Waals surface area contributed by atoms with E-state index in [0.29, 0.717) is 22.7 Å². The number of anilines is 1. The van der Waals surface area contributed by atoms with Crippen LogP contribution in [0.15, 0.2) is 54.7 Å². The molecule has 47 heavy (non-hydrogen) atoms. The normalized spacial score (nSPS) is 22.3. The summed E-state index contributed by atoms with van der Waals surface area (Å²) in [6.45, 7) is 13.3. The number of ether oxygens (including phenoxy) is 1. The SMILES string of the molecule is CC(C)(c1ccc(OCc2ccnc(N3CCN(CC4CCN(N5CC6(CCCCC6)N5)C4)CC3)n2)cc1)c1cc(Cl)cc(C#N)c1.